The topological polar surface area (TPSA) is 80.5 Å². The van der Waals surface area contributed by atoms with E-state index in [1.165, 1.54) is 0 Å². The molecule has 1 heterocycles. The second-order valence-electron chi connectivity index (χ2n) is 5.04. The number of sulfone groups is 1. The zero-order valence-electron chi connectivity index (χ0n) is 11.6. The summed E-state index contributed by atoms with van der Waals surface area (Å²) >= 11 is 3.40. The van der Waals surface area contributed by atoms with Crippen molar-refractivity contribution in [3.8, 4) is 0 Å². The molecule has 1 aromatic rings. The summed E-state index contributed by atoms with van der Waals surface area (Å²) in [5.74, 6) is -0.282. The van der Waals surface area contributed by atoms with Gasteiger partial charge in [-0.3, -0.25) is 4.79 Å². The van der Waals surface area contributed by atoms with Crippen molar-refractivity contribution in [2.45, 2.75) is 18.9 Å². The highest BCUT2D eigenvalue weighted by molar-refractivity contribution is 9.10. The van der Waals surface area contributed by atoms with Crippen LogP contribution in [0.3, 0.4) is 0 Å². The van der Waals surface area contributed by atoms with Gasteiger partial charge < -0.3 is 10.6 Å². The number of nitrogens with zero attached hydrogens (tertiary/aromatic N) is 1. The first-order chi connectivity index (χ1) is 9.28. The molecule has 1 aliphatic heterocycles. The van der Waals surface area contributed by atoms with Crippen LogP contribution in [0.5, 0.6) is 0 Å². The fourth-order valence-corrected chi connectivity index (χ4v) is 3.35. The number of hydrogen-bond acceptors (Lipinski definition) is 4. The molecule has 8 heteroatoms. The van der Waals surface area contributed by atoms with Crippen molar-refractivity contribution in [1.29, 1.82) is 0 Å². The minimum Gasteiger partial charge on any atom is -0.320 e. The number of nitrogens with two attached hydrogens (primary N) is 1. The number of amides is 1. The summed E-state index contributed by atoms with van der Waals surface area (Å²) in [6.45, 7) is 0.594. The zero-order chi connectivity index (χ0) is 14.9. The summed E-state index contributed by atoms with van der Waals surface area (Å²) in [7, 11) is -3.10. The normalized spacial score (nSPS) is 15.3. The number of carbonyl (C=O) groups excluding carboxylic acids is 1. The molecule has 0 aliphatic carbocycles. The molecule has 0 saturated heterocycles. The molecule has 0 fully saturated rings. The smallest absolute Gasteiger partial charge is 0.243 e. The molecule has 0 aromatic heterocycles. The first-order valence-corrected chi connectivity index (χ1v) is 9.16. The lowest BCUT2D eigenvalue weighted by Crippen LogP contribution is -2.44. The van der Waals surface area contributed by atoms with E-state index in [2.05, 4.69) is 15.9 Å². The largest absolute Gasteiger partial charge is 0.320 e. The molecule has 1 aliphatic rings. The third-order valence-corrected chi connectivity index (χ3v) is 4.79. The van der Waals surface area contributed by atoms with Crippen LogP contribution in [0.15, 0.2) is 22.7 Å². The summed E-state index contributed by atoms with van der Waals surface area (Å²) in [6, 6.07) is 4.98. The predicted molar refractivity (Wildman–Crippen MR) is 89.8 cm³/mol. The SMILES string of the molecule is CS(=O)(=O)CCC(N)C(=O)N1CCc2cc(Br)ccc21.Cl. The van der Waals surface area contributed by atoms with E-state index in [0.717, 1.165) is 28.4 Å². The van der Waals surface area contributed by atoms with Gasteiger partial charge in [0.1, 0.15) is 9.84 Å². The summed E-state index contributed by atoms with van der Waals surface area (Å²) in [5.41, 5.74) is 7.79. The predicted octanol–water partition coefficient (Wildman–Crippen LogP) is 1.52. The zero-order valence-corrected chi connectivity index (χ0v) is 14.8. The lowest BCUT2D eigenvalue weighted by Gasteiger charge is -2.21. The third-order valence-electron chi connectivity index (χ3n) is 3.32. The molecule has 2 rings (SSSR count). The first-order valence-electron chi connectivity index (χ1n) is 6.31. The molecule has 1 unspecified atom stereocenters. The fourth-order valence-electron chi connectivity index (χ4n) is 2.26. The van der Waals surface area contributed by atoms with E-state index in [9.17, 15) is 13.2 Å². The minimum atomic E-state index is -3.10. The standard InChI is InChI=1S/C13H17BrN2O3S.ClH/c1-20(18,19)7-5-11(15)13(17)16-6-4-9-8-10(14)2-3-12(9)16;/h2-3,8,11H,4-7,15H2,1H3;1H. The van der Waals surface area contributed by atoms with Crippen LogP contribution >= 0.6 is 28.3 Å². The Hall–Kier alpha value is -0.630. The summed E-state index contributed by atoms with van der Waals surface area (Å²) in [4.78, 5) is 14.0. The highest BCUT2D eigenvalue weighted by atomic mass is 79.9. The Morgan fingerprint density at radius 1 is 1.48 bits per heavy atom. The van der Waals surface area contributed by atoms with E-state index >= 15 is 0 Å². The van der Waals surface area contributed by atoms with Crippen LogP contribution in [0.2, 0.25) is 0 Å². The van der Waals surface area contributed by atoms with Gasteiger partial charge in [-0.15, -0.1) is 12.4 Å². The maximum absolute atomic E-state index is 12.3. The number of fused-ring (bicyclic) bond motifs is 1. The third kappa shape index (κ3) is 4.67. The number of anilines is 1. The van der Waals surface area contributed by atoms with Gasteiger partial charge in [-0.25, -0.2) is 8.42 Å². The van der Waals surface area contributed by atoms with Crippen molar-refractivity contribution in [3.63, 3.8) is 0 Å². The number of benzene rings is 1. The van der Waals surface area contributed by atoms with Gasteiger partial charge in [0.2, 0.25) is 5.91 Å². The van der Waals surface area contributed by atoms with E-state index in [4.69, 9.17) is 5.73 Å². The van der Waals surface area contributed by atoms with Crippen LogP contribution in [0.4, 0.5) is 5.69 Å². The molecule has 0 spiro atoms. The van der Waals surface area contributed by atoms with E-state index in [1.807, 2.05) is 18.2 Å². The van der Waals surface area contributed by atoms with Crippen LogP contribution < -0.4 is 10.6 Å². The summed E-state index contributed by atoms with van der Waals surface area (Å²) < 4.78 is 23.2. The molecule has 1 aromatic carbocycles. The molecule has 0 radical (unpaired) electrons. The first kappa shape index (κ1) is 18.4. The Labute approximate surface area is 139 Å². The molecular formula is C13H18BrClN2O3S. The average Bonchev–Trinajstić information content (AvgIpc) is 2.76. The number of carbonyl (C=O) groups is 1. The highest BCUT2D eigenvalue weighted by Gasteiger charge is 2.28. The van der Waals surface area contributed by atoms with Crippen LogP contribution in [0.1, 0.15) is 12.0 Å². The summed E-state index contributed by atoms with van der Waals surface area (Å²) in [6.07, 6.45) is 2.09. The van der Waals surface area contributed by atoms with Gasteiger partial charge in [0, 0.05) is 23.0 Å². The lowest BCUT2D eigenvalue weighted by atomic mass is 10.1. The van der Waals surface area contributed by atoms with Crippen molar-refractivity contribution in [1.82, 2.24) is 0 Å². The molecule has 0 bridgehead atoms. The molecule has 5 nitrogen and oxygen atoms in total. The molecule has 21 heavy (non-hydrogen) atoms. The van der Waals surface area contributed by atoms with E-state index in [-0.39, 0.29) is 30.5 Å². The van der Waals surface area contributed by atoms with Gasteiger partial charge in [0.15, 0.2) is 0 Å². The molecule has 2 N–H and O–H groups in total. The van der Waals surface area contributed by atoms with Crippen molar-refractivity contribution in [3.05, 3.63) is 28.2 Å². The van der Waals surface area contributed by atoms with Gasteiger partial charge in [-0.2, -0.15) is 0 Å². The second kappa shape index (κ2) is 7.09. The Kier molecular flexibility index (Phi) is 6.22. The van der Waals surface area contributed by atoms with Crippen LogP contribution in [-0.4, -0.2) is 38.9 Å². The highest BCUT2D eigenvalue weighted by Crippen LogP contribution is 2.30. The molecule has 1 amide bonds. The van der Waals surface area contributed by atoms with Crippen LogP contribution in [-0.2, 0) is 21.1 Å². The van der Waals surface area contributed by atoms with Crippen molar-refractivity contribution >= 4 is 49.8 Å². The Bertz CT molecular complexity index is 636. The van der Waals surface area contributed by atoms with Gasteiger partial charge in [0.25, 0.3) is 0 Å². The Morgan fingerprint density at radius 2 is 2.14 bits per heavy atom. The fraction of sp³-hybridized carbons (Fsp3) is 0.462. The molecule has 0 saturated carbocycles. The lowest BCUT2D eigenvalue weighted by molar-refractivity contribution is -0.119. The maximum Gasteiger partial charge on any atom is 0.243 e. The summed E-state index contributed by atoms with van der Waals surface area (Å²) in [5, 5.41) is 0. The van der Waals surface area contributed by atoms with Crippen LogP contribution in [0, 0.1) is 0 Å². The quantitative estimate of drug-likeness (QED) is 0.835. The van der Waals surface area contributed by atoms with Crippen molar-refractivity contribution < 1.29 is 13.2 Å². The number of rotatable bonds is 4. The number of hydrogen-bond donors (Lipinski definition) is 1. The molecule has 118 valence electrons. The minimum absolute atomic E-state index is 0. The van der Waals surface area contributed by atoms with Gasteiger partial charge in [-0.05, 0) is 36.6 Å². The van der Waals surface area contributed by atoms with E-state index in [0.29, 0.717) is 6.54 Å². The van der Waals surface area contributed by atoms with Gasteiger partial charge >= 0.3 is 0 Å². The second-order valence-corrected chi connectivity index (χ2v) is 8.21. The average molecular weight is 398 g/mol. The van der Waals surface area contributed by atoms with Gasteiger partial charge in [0.05, 0.1) is 11.8 Å². The van der Waals surface area contributed by atoms with Crippen molar-refractivity contribution in [2.24, 2.45) is 5.73 Å². The van der Waals surface area contributed by atoms with Crippen LogP contribution in [0.25, 0.3) is 0 Å². The van der Waals surface area contributed by atoms with E-state index < -0.39 is 15.9 Å². The van der Waals surface area contributed by atoms with Gasteiger partial charge in [-0.1, -0.05) is 15.9 Å². The maximum atomic E-state index is 12.3. The number of halogens is 2. The van der Waals surface area contributed by atoms with E-state index in [1.54, 1.807) is 4.90 Å². The Morgan fingerprint density at radius 3 is 2.76 bits per heavy atom. The Balaban J connectivity index is 0.00000220. The molecule has 1 atom stereocenters. The molecular weight excluding hydrogens is 380 g/mol. The van der Waals surface area contributed by atoms with Crippen molar-refractivity contribution in [2.75, 3.05) is 23.5 Å². The monoisotopic (exact) mass is 396 g/mol.